The Balaban J connectivity index is 2.91. The van der Waals surface area contributed by atoms with Crippen LogP contribution in [-0.2, 0) is 16.1 Å². The van der Waals surface area contributed by atoms with Gasteiger partial charge in [-0.25, -0.2) is 4.79 Å². The minimum absolute atomic E-state index is 0.295. The predicted octanol–water partition coefficient (Wildman–Crippen LogP) is 1.74. The molecule has 0 amide bonds. The second kappa shape index (κ2) is 5.72. The molecule has 0 heterocycles. The summed E-state index contributed by atoms with van der Waals surface area (Å²) >= 11 is 5.97. The molecule has 0 aliphatic carbocycles. The maximum Gasteiger partial charge on any atom is 0.346 e. The second-order valence-corrected chi connectivity index (χ2v) is 3.62. The lowest BCUT2D eigenvalue weighted by Gasteiger charge is -2.16. The number of benzene rings is 1. The summed E-state index contributed by atoms with van der Waals surface area (Å²) in [6.07, 6.45) is -0.713. The van der Waals surface area contributed by atoms with Crippen LogP contribution in [0.1, 0.15) is 12.5 Å². The summed E-state index contributed by atoms with van der Waals surface area (Å²) in [6, 6.07) is 5.26. The fourth-order valence-electron chi connectivity index (χ4n) is 1.24. The van der Waals surface area contributed by atoms with Crippen molar-refractivity contribution >= 4 is 17.6 Å². The summed E-state index contributed by atoms with van der Waals surface area (Å²) in [5, 5.41) is 0.429. The molecule has 88 valence electrons. The maximum absolute atomic E-state index is 11.2. The third-order valence-corrected chi connectivity index (χ3v) is 2.39. The molecule has 0 spiro atoms. The van der Waals surface area contributed by atoms with E-state index in [1.165, 1.54) is 7.11 Å². The Morgan fingerprint density at radius 1 is 1.56 bits per heavy atom. The van der Waals surface area contributed by atoms with E-state index in [1.807, 2.05) is 0 Å². The fourth-order valence-corrected chi connectivity index (χ4v) is 1.48. The topological polar surface area (TPSA) is 61.5 Å². The van der Waals surface area contributed by atoms with Crippen LogP contribution in [0, 0.1) is 0 Å². The molecule has 1 aromatic rings. The number of nitrogens with two attached hydrogens (primary N) is 1. The zero-order valence-corrected chi connectivity index (χ0v) is 9.95. The van der Waals surface area contributed by atoms with Gasteiger partial charge in [0, 0.05) is 12.1 Å². The van der Waals surface area contributed by atoms with Crippen LogP contribution in [0.25, 0.3) is 0 Å². The standard InChI is InChI=1S/C11H14ClNO3/c1-7(11(14)15-2)16-10-8(6-13)4-3-5-9(10)12/h3-5,7H,6,13H2,1-2H3. The predicted molar refractivity (Wildman–Crippen MR) is 61.4 cm³/mol. The highest BCUT2D eigenvalue weighted by molar-refractivity contribution is 6.32. The molecule has 0 aromatic heterocycles. The second-order valence-electron chi connectivity index (χ2n) is 3.22. The van der Waals surface area contributed by atoms with Crippen molar-refractivity contribution in [3.63, 3.8) is 0 Å². The van der Waals surface area contributed by atoms with Crippen molar-refractivity contribution < 1.29 is 14.3 Å². The van der Waals surface area contributed by atoms with Crippen LogP contribution in [0.15, 0.2) is 18.2 Å². The van der Waals surface area contributed by atoms with Crippen molar-refractivity contribution in [1.82, 2.24) is 0 Å². The highest BCUT2D eigenvalue weighted by atomic mass is 35.5. The fraction of sp³-hybridized carbons (Fsp3) is 0.364. The molecule has 4 nitrogen and oxygen atoms in total. The third-order valence-electron chi connectivity index (χ3n) is 2.10. The van der Waals surface area contributed by atoms with Crippen LogP contribution in [0.3, 0.4) is 0 Å². The highest BCUT2D eigenvalue weighted by Crippen LogP contribution is 2.29. The molecule has 1 unspecified atom stereocenters. The van der Waals surface area contributed by atoms with Gasteiger partial charge in [0.15, 0.2) is 6.10 Å². The largest absolute Gasteiger partial charge is 0.477 e. The van der Waals surface area contributed by atoms with Crippen molar-refractivity contribution in [1.29, 1.82) is 0 Å². The minimum Gasteiger partial charge on any atom is -0.477 e. The number of para-hydroxylation sites is 1. The van der Waals surface area contributed by atoms with Gasteiger partial charge in [0.05, 0.1) is 12.1 Å². The number of carbonyl (C=O) groups excluding carboxylic acids is 1. The zero-order valence-electron chi connectivity index (χ0n) is 9.20. The zero-order chi connectivity index (χ0) is 12.1. The average molecular weight is 244 g/mol. The Kier molecular flexibility index (Phi) is 4.58. The summed E-state index contributed by atoms with van der Waals surface area (Å²) in [5.41, 5.74) is 6.30. The van der Waals surface area contributed by atoms with Crippen LogP contribution in [0.2, 0.25) is 5.02 Å². The molecular weight excluding hydrogens is 230 g/mol. The molecule has 2 N–H and O–H groups in total. The van der Waals surface area contributed by atoms with Crippen molar-refractivity contribution in [3.8, 4) is 5.75 Å². The van der Waals surface area contributed by atoms with Crippen LogP contribution in [-0.4, -0.2) is 19.2 Å². The molecule has 0 saturated heterocycles. The lowest BCUT2D eigenvalue weighted by atomic mass is 10.2. The van der Waals surface area contributed by atoms with Gasteiger partial charge in [-0.05, 0) is 13.0 Å². The van der Waals surface area contributed by atoms with E-state index in [2.05, 4.69) is 4.74 Å². The monoisotopic (exact) mass is 243 g/mol. The van der Waals surface area contributed by atoms with Crippen molar-refractivity contribution in [2.45, 2.75) is 19.6 Å². The molecule has 1 atom stereocenters. The maximum atomic E-state index is 11.2. The number of methoxy groups -OCH3 is 1. The van der Waals surface area contributed by atoms with Gasteiger partial charge in [-0.2, -0.15) is 0 Å². The summed E-state index contributed by atoms with van der Waals surface area (Å²) in [5.74, 6) is -0.0209. The van der Waals surface area contributed by atoms with E-state index < -0.39 is 12.1 Å². The van der Waals surface area contributed by atoms with Crippen LogP contribution in [0.5, 0.6) is 5.75 Å². The van der Waals surface area contributed by atoms with Crippen LogP contribution in [0.4, 0.5) is 0 Å². The third kappa shape index (κ3) is 2.87. The Hall–Kier alpha value is -1.26. The van der Waals surface area contributed by atoms with E-state index in [4.69, 9.17) is 22.1 Å². The van der Waals surface area contributed by atoms with Gasteiger partial charge in [-0.15, -0.1) is 0 Å². The van der Waals surface area contributed by atoms with E-state index in [9.17, 15) is 4.79 Å². The highest BCUT2D eigenvalue weighted by Gasteiger charge is 2.18. The van der Waals surface area contributed by atoms with Gasteiger partial charge >= 0.3 is 5.97 Å². The molecule has 0 fully saturated rings. The van der Waals surface area contributed by atoms with E-state index in [1.54, 1.807) is 25.1 Å². The minimum atomic E-state index is -0.713. The van der Waals surface area contributed by atoms with E-state index in [-0.39, 0.29) is 0 Å². The molecule has 0 bridgehead atoms. The van der Waals surface area contributed by atoms with E-state index in [0.717, 1.165) is 5.56 Å². The number of rotatable bonds is 4. The van der Waals surface area contributed by atoms with Crippen molar-refractivity contribution in [2.75, 3.05) is 7.11 Å². The average Bonchev–Trinajstić information content (AvgIpc) is 2.30. The lowest BCUT2D eigenvalue weighted by Crippen LogP contribution is -2.25. The summed E-state index contributed by atoms with van der Waals surface area (Å²) in [7, 11) is 1.30. The number of esters is 1. The number of ether oxygens (including phenoxy) is 2. The summed E-state index contributed by atoms with van der Waals surface area (Å²) in [4.78, 5) is 11.2. The number of halogens is 1. The Bertz CT molecular complexity index is 381. The smallest absolute Gasteiger partial charge is 0.346 e. The molecule has 1 rings (SSSR count). The molecule has 0 aliphatic rings. The van der Waals surface area contributed by atoms with Gasteiger partial charge in [-0.1, -0.05) is 23.7 Å². The van der Waals surface area contributed by atoms with Gasteiger partial charge in [0.2, 0.25) is 0 Å². The summed E-state index contributed by atoms with van der Waals surface area (Å²) in [6.45, 7) is 1.89. The first-order chi connectivity index (χ1) is 7.60. The number of carbonyl (C=O) groups is 1. The molecule has 0 aliphatic heterocycles. The lowest BCUT2D eigenvalue weighted by molar-refractivity contribution is -0.147. The first-order valence-corrected chi connectivity index (χ1v) is 5.20. The number of hydrogen-bond donors (Lipinski definition) is 1. The summed E-state index contributed by atoms with van der Waals surface area (Å²) < 4.78 is 9.99. The molecule has 16 heavy (non-hydrogen) atoms. The molecular formula is C11H14ClNO3. The number of hydrogen-bond acceptors (Lipinski definition) is 4. The SMILES string of the molecule is COC(=O)C(C)Oc1c(Cl)cccc1CN. The molecule has 0 radical (unpaired) electrons. The van der Waals surface area contributed by atoms with Gasteiger partial charge in [0.25, 0.3) is 0 Å². The molecule has 1 aromatic carbocycles. The normalized spacial score (nSPS) is 12.0. The van der Waals surface area contributed by atoms with Gasteiger partial charge < -0.3 is 15.2 Å². The van der Waals surface area contributed by atoms with E-state index >= 15 is 0 Å². The van der Waals surface area contributed by atoms with E-state index in [0.29, 0.717) is 17.3 Å². The Morgan fingerprint density at radius 3 is 2.81 bits per heavy atom. The van der Waals surface area contributed by atoms with Crippen LogP contribution < -0.4 is 10.5 Å². The molecule has 5 heteroatoms. The quantitative estimate of drug-likeness (QED) is 0.819. The van der Waals surface area contributed by atoms with Crippen LogP contribution >= 0.6 is 11.6 Å². The van der Waals surface area contributed by atoms with Gasteiger partial charge in [-0.3, -0.25) is 0 Å². The Labute approximate surface area is 99.3 Å². The first-order valence-electron chi connectivity index (χ1n) is 4.82. The first kappa shape index (κ1) is 12.8. The van der Waals surface area contributed by atoms with Gasteiger partial charge in [0.1, 0.15) is 5.75 Å². The van der Waals surface area contributed by atoms with Crippen molar-refractivity contribution in [3.05, 3.63) is 28.8 Å². The van der Waals surface area contributed by atoms with Crippen molar-refractivity contribution in [2.24, 2.45) is 5.73 Å². The Morgan fingerprint density at radius 2 is 2.25 bits per heavy atom. The molecule has 0 saturated carbocycles.